The van der Waals surface area contributed by atoms with Gasteiger partial charge in [-0.3, -0.25) is 0 Å². The summed E-state index contributed by atoms with van der Waals surface area (Å²) >= 11 is 1.75. The van der Waals surface area contributed by atoms with Crippen LogP contribution in [0.2, 0.25) is 0 Å². The molecular formula is C51H31NS. The molecule has 246 valence electrons. The van der Waals surface area contributed by atoms with E-state index in [2.05, 4.69) is 188 Å². The molecule has 0 unspecified atom stereocenters. The Morgan fingerprint density at radius 2 is 0.811 bits per heavy atom. The maximum Gasteiger partial charge on any atom is 0.124 e. The van der Waals surface area contributed by atoms with Crippen LogP contribution in [-0.4, -0.2) is 4.98 Å². The zero-order valence-corrected chi connectivity index (χ0v) is 29.6. The van der Waals surface area contributed by atoms with Crippen molar-refractivity contribution >= 4 is 75.4 Å². The fourth-order valence-corrected chi connectivity index (χ4v) is 9.34. The molecule has 1 aromatic heterocycles. The quantitative estimate of drug-likeness (QED) is 0.168. The molecule has 0 spiro atoms. The number of nitrogens with zero attached hydrogens (tertiary/aromatic N) is 1. The van der Waals surface area contributed by atoms with E-state index in [-0.39, 0.29) is 0 Å². The maximum atomic E-state index is 4.92. The zero-order chi connectivity index (χ0) is 34.9. The van der Waals surface area contributed by atoms with E-state index in [0.29, 0.717) is 0 Å². The van der Waals surface area contributed by atoms with Gasteiger partial charge in [-0.15, -0.1) is 11.3 Å². The molecule has 1 nitrogen and oxygen atoms in total. The standard InChI is InChI=1S/C51H31NS/c1-3-15-39-32(11-1)13-9-19-41(39)49-43-17-5-6-18-44(43)50(42-20-10-14-33-12-2-4-16-40(33)42)46-31-37(27-28-45(46)49)35-23-24-36-30-38(26-25-34(36)29-35)51-52-47-21-7-8-22-48(47)53-51/h1-31H. The van der Waals surface area contributed by atoms with E-state index in [1.54, 1.807) is 11.3 Å². The van der Waals surface area contributed by atoms with Gasteiger partial charge in [0.05, 0.1) is 10.2 Å². The molecule has 11 rings (SSSR count). The first-order valence-corrected chi connectivity index (χ1v) is 18.9. The first kappa shape index (κ1) is 30.1. The van der Waals surface area contributed by atoms with Gasteiger partial charge in [0.1, 0.15) is 5.01 Å². The highest BCUT2D eigenvalue weighted by atomic mass is 32.1. The Kier molecular flexibility index (Phi) is 6.80. The molecule has 10 aromatic carbocycles. The normalized spacial score (nSPS) is 11.8. The summed E-state index contributed by atoms with van der Waals surface area (Å²) in [5.41, 5.74) is 9.70. The van der Waals surface area contributed by atoms with Crippen LogP contribution in [0.1, 0.15) is 0 Å². The number of para-hydroxylation sites is 1. The number of fused-ring (bicyclic) bond motifs is 6. The molecule has 0 N–H and O–H groups in total. The monoisotopic (exact) mass is 689 g/mol. The van der Waals surface area contributed by atoms with Crippen LogP contribution in [0.5, 0.6) is 0 Å². The Labute approximate surface area is 311 Å². The van der Waals surface area contributed by atoms with Gasteiger partial charge in [-0.2, -0.15) is 0 Å². The fraction of sp³-hybridized carbons (Fsp3) is 0. The molecule has 0 saturated heterocycles. The number of hydrogen-bond acceptors (Lipinski definition) is 2. The Morgan fingerprint density at radius 1 is 0.321 bits per heavy atom. The zero-order valence-electron chi connectivity index (χ0n) is 28.8. The van der Waals surface area contributed by atoms with E-state index in [0.717, 1.165) is 16.1 Å². The minimum atomic E-state index is 1.05. The third kappa shape index (κ3) is 4.88. The lowest BCUT2D eigenvalue weighted by Gasteiger charge is -2.20. The van der Waals surface area contributed by atoms with Crippen LogP contribution in [0.25, 0.3) is 108 Å². The van der Waals surface area contributed by atoms with E-state index < -0.39 is 0 Å². The van der Waals surface area contributed by atoms with Gasteiger partial charge in [0.15, 0.2) is 0 Å². The van der Waals surface area contributed by atoms with Gasteiger partial charge in [-0.1, -0.05) is 158 Å². The fourth-order valence-electron chi connectivity index (χ4n) is 8.38. The highest BCUT2D eigenvalue weighted by Gasteiger charge is 2.20. The van der Waals surface area contributed by atoms with Crippen molar-refractivity contribution in [2.45, 2.75) is 0 Å². The molecule has 0 bridgehead atoms. The van der Waals surface area contributed by atoms with Crippen LogP contribution in [0, 0.1) is 0 Å². The van der Waals surface area contributed by atoms with Crippen molar-refractivity contribution in [1.82, 2.24) is 4.98 Å². The summed E-state index contributed by atoms with van der Waals surface area (Å²) in [6.45, 7) is 0. The van der Waals surface area contributed by atoms with Gasteiger partial charge in [0, 0.05) is 5.56 Å². The Balaban J connectivity index is 1.16. The van der Waals surface area contributed by atoms with Crippen molar-refractivity contribution in [3.63, 3.8) is 0 Å². The highest BCUT2D eigenvalue weighted by Crippen LogP contribution is 2.47. The Hall–Kier alpha value is -6.61. The summed E-state index contributed by atoms with van der Waals surface area (Å²) in [5.74, 6) is 0. The van der Waals surface area contributed by atoms with Crippen LogP contribution in [0.3, 0.4) is 0 Å². The lowest BCUT2D eigenvalue weighted by atomic mass is 9.83. The molecule has 11 aromatic rings. The first-order valence-electron chi connectivity index (χ1n) is 18.1. The molecule has 53 heavy (non-hydrogen) atoms. The van der Waals surface area contributed by atoms with Crippen LogP contribution in [0.15, 0.2) is 188 Å². The maximum absolute atomic E-state index is 4.92. The molecule has 0 aliphatic carbocycles. The lowest BCUT2D eigenvalue weighted by molar-refractivity contribution is 1.48. The van der Waals surface area contributed by atoms with Crippen molar-refractivity contribution in [3.8, 4) is 44.0 Å². The van der Waals surface area contributed by atoms with Crippen molar-refractivity contribution in [1.29, 1.82) is 0 Å². The van der Waals surface area contributed by atoms with Crippen molar-refractivity contribution in [2.24, 2.45) is 0 Å². The smallest absolute Gasteiger partial charge is 0.124 e. The second-order valence-corrected chi connectivity index (χ2v) is 14.9. The van der Waals surface area contributed by atoms with Gasteiger partial charge in [0.25, 0.3) is 0 Å². The van der Waals surface area contributed by atoms with E-state index >= 15 is 0 Å². The van der Waals surface area contributed by atoms with Crippen molar-refractivity contribution in [3.05, 3.63) is 188 Å². The molecule has 0 radical (unpaired) electrons. The summed E-state index contributed by atoms with van der Waals surface area (Å²) in [6, 6.07) is 69.0. The lowest BCUT2D eigenvalue weighted by Crippen LogP contribution is -1.93. The summed E-state index contributed by atoms with van der Waals surface area (Å²) in [5, 5.41) is 13.6. The highest BCUT2D eigenvalue weighted by molar-refractivity contribution is 7.21. The first-order chi connectivity index (χ1) is 26.3. The van der Waals surface area contributed by atoms with Crippen LogP contribution in [-0.2, 0) is 0 Å². The topological polar surface area (TPSA) is 12.9 Å². The predicted molar refractivity (Wildman–Crippen MR) is 229 cm³/mol. The number of hydrogen-bond donors (Lipinski definition) is 0. The Bertz CT molecular complexity index is 3200. The average Bonchev–Trinajstić information content (AvgIpc) is 3.67. The largest absolute Gasteiger partial charge is 0.236 e. The second kappa shape index (κ2) is 12.0. The van der Waals surface area contributed by atoms with E-state index in [1.165, 1.54) is 91.9 Å². The van der Waals surface area contributed by atoms with Gasteiger partial charge in [-0.25, -0.2) is 4.98 Å². The van der Waals surface area contributed by atoms with Gasteiger partial charge < -0.3 is 0 Å². The number of thiazole rings is 1. The second-order valence-electron chi connectivity index (χ2n) is 13.9. The summed E-state index contributed by atoms with van der Waals surface area (Å²) in [7, 11) is 0. The molecule has 1 heterocycles. The van der Waals surface area contributed by atoms with E-state index in [1.807, 2.05) is 0 Å². The average molecular weight is 690 g/mol. The van der Waals surface area contributed by atoms with Gasteiger partial charge >= 0.3 is 0 Å². The summed E-state index contributed by atoms with van der Waals surface area (Å²) < 4.78 is 1.22. The summed E-state index contributed by atoms with van der Waals surface area (Å²) in [4.78, 5) is 4.92. The minimum Gasteiger partial charge on any atom is -0.236 e. The van der Waals surface area contributed by atoms with Crippen LogP contribution < -0.4 is 0 Å². The summed E-state index contributed by atoms with van der Waals surface area (Å²) in [6.07, 6.45) is 0. The van der Waals surface area contributed by atoms with Crippen molar-refractivity contribution < 1.29 is 0 Å². The SMILES string of the molecule is c1ccc2c(-c3c4ccccc4c(-c4cccc5ccccc45)c4cc(-c5ccc6cc(-c7nc8ccccc8s7)ccc6c5)ccc34)cccc2c1. The molecular weight excluding hydrogens is 659 g/mol. The molecule has 2 heteroatoms. The number of benzene rings is 10. The number of rotatable bonds is 4. The molecule has 0 fully saturated rings. The third-order valence-corrected chi connectivity index (χ3v) is 11.9. The van der Waals surface area contributed by atoms with Gasteiger partial charge in [0.2, 0.25) is 0 Å². The minimum absolute atomic E-state index is 1.05. The molecule has 0 atom stereocenters. The molecule has 0 saturated carbocycles. The van der Waals surface area contributed by atoms with E-state index in [4.69, 9.17) is 4.98 Å². The molecule has 0 aliphatic rings. The third-order valence-electron chi connectivity index (χ3n) is 10.9. The molecule has 0 aliphatic heterocycles. The van der Waals surface area contributed by atoms with Crippen molar-refractivity contribution in [2.75, 3.05) is 0 Å². The predicted octanol–water partition coefficient (Wildman–Crippen LogP) is 14.7. The number of aromatic nitrogens is 1. The van der Waals surface area contributed by atoms with Gasteiger partial charge in [-0.05, 0) is 118 Å². The molecule has 0 amide bonds. The van der Waals surface area contributed by atoms with E-state index in [9.17, 15) is 0 Å². The Morgan fingerprint density at radius 3 is 1.49 bits per heavy atom. The van der Waals surface area contributed by atoms with Crippen LogP contribution >= 0.6 is 11.3 Å². The van der Waals surface area contributed by atoms with Crippen LogP contribution in [0.4, 0.5) is 0 Å².